The first-order valence-electron chi connectivity index (χ1n) is 11.6. The van der Waals surface area contributed by atoms with Gasteiger partial charge in [-0.25, -0.2) is 18.7 Å². The van der Waals surface area contributed by atoms with Crippen molar-refractivity contribution in [1.82, 2.24) is 25.1 Å². The maximum Gasteiger partial charge on any atom is 0.246 e. The molecule has 0 spiro atoms. The average molecular weight is 475 g/mol. The summed E-state index contributed by atoms with van der Waals surface area (Å²) in [7, 11) is 0. The average Bonchev–Trinajstić information content (AvgIpc) is 3.48. The maximum absolute atomic E-state index is 14.5. The zero-order valence-corrected chi connectivity index (χ0v) is 19.6. The van der Waals surface area contributed by atoms with Gasteiger partial charge in [-0.05, 0) is 54.9 Å². The van der Waals surface area contributed by atoms with Crippen LogP contribution in [0, 0.1) is 17.0 Å². The number of hydrogen-bond donors (Lipinski definition) is 1. The van der Waals surface area contributed by atoms with Crippen molar-refractivity contribution in [3.8, 4) is 22.8 Å². The molecule has 1 fully saturated rings. The molecule has 0 amide bonds. The summed E-state index contributed by atoms with van der Waals surface area (Å²) in [5.41, 5.74) is 8.78. The second-order valence-corrected chi connectivity index (χ2v) is 10.0. The smallest absolute Gasteiger partial charge is 0.246 e. The fourth-order valence-corrected chi connectivity index (χ4v) is 6.04. The Bertz CT molecular complexity index is 1450. The second-order valence-electron chi connectivity index (χ2n) is 10.0. The highest BCUT2D eigenvalue weighted by molar-refractivity contribution is 5.64. The normalized spacial score (nSPS) is 22.9. The molecule has 0 saturated heterocycles. The van der Waals surface area contributed by atoms with Gasteiger partial charge in [-0.2, -0.15) is 5.10 Å². The molecule has 4 aromatic rings. The first-order valence-corrected chi connectivity index (χ1v) is 11.6. The fraction of sp³-hybridized carbons (Fsp3) is 0.346. The van der Waals surface area contributed by atoms with Gasteiger partial charge >= 0.3 is 0 Å². The molecule has 3 aromatic heterocycles. The monoisotopic (exact) mass is 474 g/mol. The van der Waals surface area contributed by atoms with Crippen LogP contribution >= 0.6 is 0 Å². The largest absolute Gasteiger partial charge is 0.443 e. The number of nitrogens with two attached hydrogens (primary N) is 1. The lowest BCUT2D eigenvalue weighted by atomic mass is 9.66. The number of nitrogens with zero attached hydrogens (tertiary/aromatic N) is 5. The van der Waals surface area contributed by atoms with Crippen LogP contribution in [0.25, 0.3) is 22.8 Å². The third kappa shape index (κ3) is 2.94. The Hall–Kier alpha value is -3.59. The van der Waals surface area contributed by atoms with Crippen molar-refractivity contribution in [2.45, 2.75) is 51.0 Å². The van der Waals surface area contributed by atoms with Gasteiger partial charge in [0.2, 0.25) is 5.89 Å². The summed E-state index contributed by atoms with van der Waals surface area (Å²) in [6.45, 7) is 6.20. The molecule has 2 bridgehead atoms. The summed E-state index contributed by atoms with van der Waals surface area (Å²) in [6, 6.07) is 5.32. The van der Waals surface area contributed by atoms with Crippen molar-refractivity contribution in [2.24, 2.45) is 11.1 Å². The SMILES string of the molecule is C[C@@H](N)c1coc(-c2cncc([C@@]34CC[C@@H](c5cc(-c6c(F)cccc6F)nnc53)C4(C)C)n2)n1. The van der Waals surface area contributed by atoms with Gasteiger partial charge in [-0.15, -0.1) is 5.10 Å². The Labute approximate surface area is 200 Å². The van der Waals surface area contributed by atoms with Gasteiger partial charge in [0.05, 0.1) is 40.0 Å². The van der Waals surface area contributed by atoms with Crippen molar-refractivity contribution in [3.05, 3.63) is 77.2 Å². The molecule has 178 valence electrons. The summed E-state index contributed by atoms with van der Waals surface area (Å²) >= 11 is 0. The molecule has 2 aliphatic rings. The predicted molar refractivity (Wildman–Crippen MR) is 124 cm³/mol. The highest BCUT2D eigenvalue weighted by Gasteiger charge is 2.65. The minimum Gasteiger partial charge on any atom is -0.443 e. The minimum absolute atomic E-state index is 0.137. The van der Waals surface area contributed by atoms with E-state index < -0.39 is 17.0 Å². The number of oxazole rings is 1. The summed E-state index contributed by atoms with van der Waals surface area (Å²) in [5.74, 6) is -0.831. The molecule has 35 heavy (non-hydrogen) atoms. The quantitative estimate of drug-likeness (QED) is 0.439. The number of fused-ring (bicyclic) bond motifs is 5. The Kier molecular flexibility index (Phi) is 4.67. The molecule has 3 atom stereocenters. The maximum atomic E-state index is 14.5. The summed E-state index contributed by atoms with van der Waals surface area (Å²) in [4.78, 5) is 13.8. The van der Waals surface area contributed by atoms with Crippen molar-refractivity contribution in [3.63, 3.8) is 0 Å². The van der Waals surface area contributed by atoms with E-state index in [2.05, 4.69) is 34.0 Å². The lowest BCUT2D eigenvalue weighted by Crippen LogP contribution is -2.38. The molecule has 0 aliphatic heterocycles. The van der Waals surface area contributed by atoms with E-state index in [-0.39, 0.29) is 28.6 Å². The van der Waals surface area contributed by atoms with Gasteiger partial charge in [0.25, 0.3) is 0 Å². The Morgan fingerprint density at radius 1 is 1.09 bits per heavy atom. The van der Waals surface area contributed by atoms with Crippen molar-refractivity contribution in [2.75, 3.05) is 0 Å². The van der Waals surface area contributed by atoms with Crippen LogP contribution < -0.4 is 5.73 Å². The number of rotatable bonds is 4. The lowest BCUT2D eigenvalue weighted by Gasteiger charge is -2.37. The van der Waals surface area contributed by atoms with Crippen LogP contribution in [0.1, 0.15) is 68.2 Å². The van der Waals surface area contributed by atoms with E-state index in [1.54, 1.807) is 18.5 Å². The molecule has 2 N–H and O–H groups in total. The van der Waals surface area contributed by atoms with Crippen LogP contribution in [0.5, 0.6) is 0 Å². The van der Waals surface area contributed by atoms with E-state index in [0.717, 1.165) is 29.8 Å². The van der Waals surface area contributed by atoms with Gasteiger partial charge in [-0.3, -0.25) is 4.98 Å². The fourth-order valence-electron chi connectivity index (χ4n) is 6.04. The third-order valence-electron chi connectivity index (χ3n) is 7.88. The van der Waals surface area contributed by atoms with Crippen LogP contribution in [-0.2, 0) is 5.41 Å². The molecule has 1 saturated carbocycles. The first-order chi connectivity index (χ1) is 16.7. The van der Waals surface area contributed by atoms with Crippen molar-refractivity contribution >= 4 is 0 Å². The van der Waals surface area contributed by atoms with E-state index >= 15 is 0 Å². The van der Waals surface area contributed by atoms with Crippen molar-refractivity contribution < 1.29 is 13.2 Å². The van der Waals surface area contributed by atoms with Gasteiger partial charge in [0, 0.05) is 12.2 Å². The number of aromatic nitrogens is 5. The topological polar surface area (TPSA) is 104 Å². The summed E-state index contributed by atoms with van der Waals surface area (Å²) in [5, 5.41) is 8.85. The molecular weight excluding hydrogens is 450 g/mol. The molecule has 3 heterocycles. The van der Waals surface area contributed by atoms with Crippen LogP contribution in [0.15, 0.2) is 47.3 Å². The standard InChI is InChI=1S/C26H24F2N6O/c1-13(29)20-12-35-24(32-20)19-10-30-11-21(31-19)26-8-7-15(25(26,2)3)14-9-18(33-34-23(14)26)22-16(27)5-4-6-17(22)28/h4-6,9-13,15H,7-8,29H2,1-3H3/t13-,15+,26+/m1/s1. The summed E-state index contributed by atoms with van der Waals surface area (Å²) < 4.78 is 34.6. The second kappa shape index (κ2) is 7.45. The van der Waals surface area contributed by atoms with Crippen LogP contribution in [0.2, 0.25) is 0 Å². The highest BCUT2D eigenvalue weighted by atomic mass is 19.1. The molecule has 0 radical (unpaired) electrons. The number of hydrogen-bond acceptors (Lipinski definition) is 7. The van der Waals surface area contributed by atoms with E-state index in [1.807, 2.05) is 6.92 Å². The molecular formula is C26H24F2N6O. The van der Waals surface area contributed by atoms with E-state index in [1.165, 1.54) is 24.5 Å². The van der Waals surface area contributed by atoms with E-state index in [9.17, 15) is 8.78 Å². The Morgan fingerprint density at radius 2 is 1.86 bits per heavy atom. The van der Waals surface area contributed by atoms with Crippen LogP contribution in [0.4, 0.5) is 8.78 Å². The number of benzene rings is 1. The zero-order chi connectivity index (χ0) is 24.5. The highest BCUT2D eigenvalue weighted by Crippen LogP contribution is 2.69. The summed E-state index contributed by atoms with van der Waals surface area (Å²) in [6.07, 6.45) is 6.60. The van der Waals surface area contributed by atoms with Crippen LogP contribution in [0.3, 0.4) is 0 Å². The van der Waals surface area contributed by atoms with Gasteiger partial charge in [0.1, 0.15) is 23.6 Å². The molecule has 0 unspecified atom stereocenters. The van der Waals surface area contributed by atoms with E-state index in [4.69, 9.17) is 15.1 Å². The van der Waals surface area contributed by atoms with Gasteiger partial charge < -0.3 is 10.2 Å². The first kappa shape index (κ1) is 21.9. The Morgan fingerprint density at radius 3 is 2.57 bits per heavy atom. The van der Waals surface area contributed by atoms with Crippen LogP contribution in [-0.4, -0.2) is 25.1 Å². The van der Waals surface area contributed by atoms with Gasteiger partial charge in [-0.1, -0.05) is 19.9 Å². The lowest BCUT2D eigenvalue weighted by molar-refractivity contribution is 0.242. The van der Waals surface area contributed by atoms with Crippen molar-refractivity contribution in [1.29, 1.82) is 0 Å². The molecule has 2 aliphatic carbocycles. The van der Waals surface area contributed by atoms with Gasteiger partial charge in [0.15, 0.2) is 0 Å². The third-order valence-corrected chi connectivity index (χ3v) is 7.88. The molecule has 1 aromatic carbocycles. The molecule has 6 rings (SSSR count). The molecule has 7 nitrogen and oxygen atoms in total. The van der Waals surface area contributed by atoms with E-state index in [0.29, 0.717) is 17.3 Å². The predicted octanol–water partition coefficient (Wildman–Crippen LogP) is 5.09. The molecule has 9 heteroatoms. The Balaban J connectivity index is 1.49. The minimum atomic E-state index is -0.660. The number of halogens is 2. The zero-order valence-electron chi connectivity index (χ0n) is 19.6.